The first-order chi connectivity index (χ1) is 15.2. The second kappa shape index (κ2) is 8.15. The van der Waals surface area contributed by atoms with E-state index in [1.165, 1.54) is 28.3 Å². The summed E-state index contributed by atoms with van der Waals surface area (Å²) in [5.74, 6) is -0.285. The first-order valence-corrected chi connectivity index (χ1v) is 11.4. The lowest BCUT2D eigenvalue weighted by Gasteiger charge is -2.35. The van der Waals surface area contributed by atoms with Crippen molar-refractivity contribution in [1.29, 1.82) is 0 Å². The molecule has 0 bridgehead atoms. The predicted molar refractivity (Wildman–Crippen MR) is 123 cm³/mol. The molecule has 1 fully saturated rings. The maximum absolute atomic E-state index is 14.1. The third-order valence-corrected chi connectivity index (χ3v) is 6.69. The maximum Gasteiger partial charge on any atom is 0.273 e. The normalized spacial score (nSPS) is 14.4. The number of thiazole rings is 1. The Morgan fingerprint density at radius 2 is 1.81 bits per heavy atom. The Labute approximate surface area is 184 Å². The second-order valence-electron chi connectivity index (χ2n) is 7.60. The minimum Gasteiger partial charge on any atom is -0.366 e. The van der Waals surface area contributed by atoms with E-state index in [9.17, 15) is 9.18 Å². The average molecular weight is 435 g/mol. The Balaban J connectivity index is 1.33. The summed E-state index contributed by atoms with van der Waals surface area (Å²) < 4.78 is 16.3. The molecule has 158 valence electrons. The van der Waals surface area contributed by atoms with E-state index >= 15 is 0 Å². The minimum atomic E-state index is -0.224. The SMILES string of the molecule is CCn1c(-c2nc(C(=O)N3CCN(c4ccccc4F)CC3)cs2)cc2ccccc21. The van der Waals surface area contributed by atoms with Crippen LogP contribution >= 0.6 is 11.3 Å². The van der Waals surface area contributed by atoms with Gasteiger partial charge in [0.1, 0.15) is 16.5 Å². The molecule has 5 nitrogen and oxygen atoms in total. The topological polar surface area (TPSA) is 41.4 Å². The minimum absolute atomic E-state index is 0.0603. The summed E-state index contributed by atoms with van der Waals surface area (Å²) in [6.07, 6.45) is 0. The van der Waals surface area contributed by atoms with E-state index in [4.69, 9.17) is 0 Å². The summed E-state index contributed by atoms with van der Waals surface area (Å²) in [5.41, 5.74) is 3.29. The molecule has 1 aliphatic heterocycles. The van der Waals surface area contributed by atoms with Crippen LogP contribution in [-0.4, -0.2) is 46.5 Å². The van der Waals surface area contributed by atoms with Gasteiger partial charge in [-0.3, -0.25) is 4.79 Å². The number of rotatable bonds is 4. The summed E-state index contributed by atoms with van der Waals surface area (Å²) in [6.45, 7) is 5.26. The fourth-order valence-corrected chi connectivity index (χ4v) is 5.06. The highest BCUT2D eigenvalue weighted by Crippen LogP contribution is 2.31. The average Bonchev–Trinajstić information content (AvgIpc) is 3.44. The van der Waals surface area contributed by atoms with Gasteiger partial charge < -0.3 is 14.4 Å². The van der Waals surface area contributed by atoms with Gasteiger partial charge in [-0.25, -0.2) is 9.37 Å². The highest BCUT2D eigenvalue weighted by molar-refractivity contribution is 7.13. The molecular formula is C24H23FN4OS. The van der Waals surface area contributed by atoms with Crippen molar-refractivity contribution in [2.45, 2.75) is 13.5 Å². The number of aromatic nitrogens is 2. The monoisotopic (exact) mass is 434 g/mol. The quantitative estimate of drug-likeness (QED) is 0.459. The number of carbonyl (C=O) groups is 1. The Morgan fingerprint density at radius 1 is 1.06 bits per heavy atom. The van der Waals surface area contributed by atoms with Crippen molar-refractivity contribution in [2.75, 3.05) is 31.1 Å². The molecule has 0 aliphatic carbocycles. The first kappa shape index (κ1) is 19.8. The van der Waals surface area contributed by atoms with E-state index in [0.29, 0.717) is 37.6 Å². The Bertz CT molecular complexity index is 1240. The number of fused-ring (bicyclic) bond motifs is 1. The molecule has 1 amide bonds. The van der Waals surface area contributed by atoms with Gasteiger partial charge in [0.15, 0.2) is 0 Å². The number of hydrogen-bond acceptors (Lipinski definition) is 4. The van der Waals surface area contributed by atoms with Crippen molar-refractivity contribution < 1.29 is 9.18 Å². The zero-order valence-electron chi connectivity index (χ0n) is 17.3. The molecule has 3 heterocycles. The molecule has 0 radical (unpaired) electrons. The molecule has 2 aromatic carbocycles. The highest BCUT2D eigenvalue weighted by Gasteiger charge is 2.25. The molecule has 0 unspecified atom stereocenters. The van der Waals surface area contributed by atoms with Crippen molar-refractivity contribution in [3.05, 3.63) is 71.5 Å². The van der Waals surface area contributed by atoms with Gasteiger partial charge in [-0.15, -0.1) is 11.3 Å². The lowest BCUT2D eigenvalue weighted by atomic mass is 10.2. The summed E-state index contributed by atoms with van der Waals surface area (Å²) in [7, 11) is 0. The number of amides is 1. The molecule has 0 N–H and O–H groups in total. The smallest absolute Gasteiger partial charge is 0.273 e. The summed E-state index contributed by atoms with van der Waals surface area (Å²) in [5, 5.41) is 3.87. The molecule has 1 aliphatic rings. The van der Waals surface area contributed by atoms with Crippen LogP contribution in [0.2, 0.25) is 0 Å². The number of nitrogens with zero attached hydrogens (tertiary/aromatic N) is 4. The van der Waals surface area contributed by atoms with Crippen LogP contribution in [0.1, 0.15) is 17.4 Å². The van der Waals surface area contributed by atoms with Crippen molar-refractivity contribution in [3.8, 4) is 10.7 Å². The molecule has 7 heteroatoms. The fourth-order valence-electron chi connectivity index (χ4n) is 4.24. The van der Waals surface area contributed by atoms with Gasteiger partial charge in [0, 0.05) is 49.0 Å². The van der Waals surface area contributed by atoms with Crippen molar-refractivity contribution >= 4 is 33.8 Å². The number of hydrogen-bond donors (Lipinski definition) is 0. The van der Waals surface area contributed by atoms with Crippen molar-refractivity contribution in [3.63, 3.8) is 0 Å². The highest BCUT2D eigenvalue weighted by atomic mass is 32.1. The standard InChI is InChI=1S/C24H23FN4OS/c1-2-29-20-9-5-3-7-17(20)15-22(29)23-26-19(16-31-23)24(30)28-13-11-27(12-14-28)21-10-6-4-8-18(21)25/h3-10,15-16H,2,11-14H2,1H3. The molecule has 4 aromatic rings. The van der Waals surface area contributed by atoms with E-state index in [0.717, 1.165) is 17.2 Å². The van der Waals surface area contributed by atoms with Crippen LogP contribution in [0, 0.1) is 5.82 Å². The largest absolute Gasteiger partial charge is 0.366 e. The van der Waals surface area contributed by atoms with Gasteiger partial charge >= 0.3 is 0 Å². The first-order valence-electron chi connectivity index (χ1n) is 10.5. The number of anilines is 1. The molecule has 0 saturated carbocycles. The summed E-state index contributed by atoms with van der Waals surface area (Å²) >= 11 is 1.50. The van der Waals surface area contributed by atoms with E-state index in [1.54, 1.807) is 12.1 Å². The number of para-hydroxylation sites is 2. The maximum atomic E-state index is 14.1. The van der Waals surface area contributed by atoms with Gasteiger partial charge in [-0.2, -0.15) is 0 Å². The number of aryl methyl sites for hydroxylation is 1. The van der Waals surface area contributed by atoms with Crippen molar-refractivity contribution in [1.82, 2.24) is 14.5 Å². The van der Waals surface area contributed by atoms with Gasteiger partial charge in [0.25, 0.3) is 5.91 Å². The molecule has 1 saturated heterocycles. The Hall–Kier alpha value is -3.19. The van der Waals surface area contributed by atoms with Crippen LogP contribution < -0.4 is 4.90 Å². The van der Waals surface area contributed by atoms with E-state index in [2.05, 4.69) is 34.7 Å². The lowest BCUT2D eigenvalue weighted by Crippen LogP contribution is -2.49. The lowest BCUT2D eigenvalue weighted by molar-refractivity contribution is 0.0741. The predicted octanol–water partition coefficient (Wildman–Crippen LogP) is 4.89. The van der Waals surface area contributed by atoms with E-state index < -0.39 is 0 Å². The third-order valence-electron chi connectivity index (χ3n) is 5.83. The molecule has 31 heavy (non-hydrogen) atoms. The van der Waals surface area contributed by atoms with Crippen LogP contribution in [0.3, 0.4) is 0 Å². The number of halogens is 1. The molecular weight excluding hydrogens is 411 g/mol. The van der Waals surface area contributed by atoms with Gasteiger partial charge in [-0.1, -0.05) is 30.3 Å². The molecule has 2 aromatic heterocycles. The number of carbonyl (C=O) groups excluding carboxylic acids is 1. The van der Waals surface area contributed by atoms with Crippen LogP contribution in [0.15, 0.2) is 60.0 Å². The number of piperazine rings is 1. The Morgan fingerprint density at radius 3 is 2.58 bits per heavy atom. The summed E-state index contributed by atoms with van der Waals surface area (Å²) in [6, 6.07) is 17.2. The molecule has 0 spiro atoms. The van der Waals surface area contributed by atoms with Crippen LogP contribution in [0.5, 0.6) is 0 Å². The fraction of sp³-hybridized carbons (Fsp3) is 0.250. The molecule has 5 rings (SSSR count). The van der Waals surface area contributed by atoms with Gasteiger partial charge in [0.2, 0.25) is 0 Å². The van der Waals surface area contributed by atoms with E-state index in [1.807, 2.05) is 33.4 Å². The zero-order valence-corrected chi connectivity index (χ0v) is 18.1. The third kappa shape index (κ3) is 3.59. The number of benzene rings is 2. The second-order valence-corrected chi connectivity index (χ2v) is 8.46. The van der Waals surface area contributed by atoms with Crippen LogP contribution in [-0.2, 0) is 6.54 Å². The van der Waals surface area contributed by atoms with E-state index in [-0.39, 0.29) is 11.7 Å². The Kier molecular flexibility index (Phi) is 5.19. The van der Waals surface area contributed by atoms with Crippen LogP contribution in [0.25, 0.3) is 21.6 Å². The summed E-state index contributed by atoms with van der Waals surface area (Å²) in [4.78, 5) is 21.5. The van der Waals surface area contributed by atoms with Crippen molar-refractivity contribution in [2.24, 2.45) is 0 Å². The zero-order chi connectivity index (χ0) is 21.4. The van der Waals surface area contributed by atoms with Crippen LogP contribution in [0.4, 0.5) is 10.1 Å². The van der Waals surface area contributed by atoms with Gasteiger partial charge in [-0.05, 0) is 31.2 Å². The molecule has 0 atom stereocenters. The van der Waals surface area contributed by atoms with Gasteiger partial charge in [0.05, 0.1) is 11.4 Å².